The van der Waals surface area contributed by atoms with E-state index in [1.165, 1.54) is 11.1 Å². The lowest BCUT2D eigenvalue weighted by atomic mass is 9.88. The van der Waals surface area contributed by atoms with E-state index >= 15 is 0 Å². The second kappa shape index (κ2) is 6.03. The number of ether oxygens (including phenoxy) is 3. The first-order valence-corrected chi connectivity index (χ1v) is 8.53. The van der Waals surface area contributed by atoms with Crippen LogP contribution in [0.5, 0.6) is 23.0 Å². The molecule has 0 unspecified atom stereocenters. The Hall–Kier alpha value is -2.62. The highest BCUT2D eigenvalue weighted by Crippen LogP contribution is 2.52. The van der Waals surface area contributed by atoms with Gasteiger partial charge in [-0.1, -0.05) is 11.6 Å². The van der Waals surface area contributed by atoms with Crippen LogP contribution < -0.4 is 14.2 Å². The predicted octanol–water partition coefficient (Wildman–Crippen LogP) is 4.52. The van der Waals surface area contributed by atoms with Gasteiger partial charge in [0.1, 0.15) is 29.1 Å². The highest BCUT2D eigenvalue weighted by molar-refractivity contribution is 5.55. The van der Waals surface area contributed by atoms with Crippen LogP contribution in [0.4, 0.5) is 0 Å². The van der Waals surface area contributed by atoms with Gasteiger partial charge in [-0.3, -0.25) is 0 Å². The molecule has 2 aliphatic rings. The van der Waals surface area contributed by atoms with Gasteiger partial charge in [-0.15, -0.1) is 0 Å². The average molecular weight is 338 g/mol. The molecule has 0 bridgehead atoms. The lowest BCUT2D eigenvalue weighted by molar-refractivity contribution is 0.139. The zero-order valence-electron chi connectivity index (χ0n) is 14.7. The molecule has 2 atom stereocenters. The van der Waals surface area contributed by atoms with Gasteiger partial charge in [0.2, 0.25) is 0 Å². The second-order valence-electron chi connectivity index (χ2n) is 6.87. The number of benzene rings is 2. The smallest absolute Gasteiger partial charge is 0.138 e. The van der Waals surface area contributed by atoms with Gasteiger partial charge >= 0.3 is 0 Å². The summed E-state index contributed by atoms with van der Waals surface area (Å²) >= 11 is 0. The molecule has 1 N–H and O–H groups in total. The first kappa shape index (κ1) is 15.9. The second-order valence-corrected chi connectivity index (χ2v) is 6.87. The van der Waals surface area contributed by atoms with Crippen LogP contribution >= 0.6 is 0 Å². The quantitative estimate of drug-likeness (QED) is 0.836. The normalized spacial score (nSPS) is 19.8. The zero-order chi connectivity index (χ0) is 17.6. The van der Waals surface area contributed by atoms with Gasteiger partial charge in [0.25, 0.3) is 0 Å². The van der Waals surface area contributed by atoms with Crippen molar-refractivity contribution in [2.24, 2.45) is 0 Å². The summed E-state index contributed by atoms with van der Waals surface area (Å²) in [6.07, 6.45) is 2.96. The van der Waals surface area contributed by atoms with Crippen molar-refractivity contribution in [3.05, 3.63) is 58.7 Å². The van der Waals surface area contributed by atoms with Crippen molar-refractivity contribution in [1.29, 1.82) is 0 Å². The van der Waals surface area contributed by atoms with E-state index in [-0.39, 0.29) is 17.8 Å². The largest absolute Gasteiger partial charge is 0.508 e. The molecule has 4 rings (SSSR count). The fourth-order valence-corrected chi connectivity index (χ4v) is 3.58. The fraction of sp³-hybridized carbons (Fsp3) is 0.333. The molecule has 130 valence electrons. The van der Waals surface area contributed by atoms with Crippen LogP contribution in [0.1, 0.15) is 42.6 Å². The van der Waals surface area contributed by atoms with Crippen LogP contribution in [0.25, 0.3) is 0 Å². The van der Waals surface area contributed by atoms with Crippen LogP contribution in [0.3, 0.4) is 0 Å². The SMILES string of the molecule is COc1cc2c(cc1CC=C(C)C)[C@@H]1COc3cc(O)ccc3[C@@H]1O2. The molecule has 0 saturated heterocycles. The van der Waals surface area contributed by atoms with E-state index in [0.29, 0.717) is 12.4 Å². The first-order valence-electron chi connectivity index (χ1n) is 8.53. The van der Waals surface area contributed by atoms with Gasteiger partial charge in [-0.05, 0) is 44.0 Å². The Balaban J connectivity index is 1.73. The fourth-order valence-electron chi connectivity index (χ4n) is 3.58. The summed E-state index contributed by atoms with van der Waals surface area (Å²) in [4.78, 5) is 0. The molecule has 2 aromatic carbocycles. The van der Waals surface area contributed by atoms with E-state index in [1.807, 2.05) is 12.1 Å². The van der Waals surface area contributed by atoms with Crippen molar-refractivity contribution >= 4 is 0 Å². The van der Waals surface area contributed by atoms with Crippen LogP contribution in [-0.2, 0) is 6.42 Å². The molecule has 0 spiro atoms. The lowest BCUT2D eigenvalue weighted by Crippen LogP contribution is -2.23. The molecule has 0 saturated carbocycles. The van der Waals surface area contributed by atoms with E-state index in [0.717, 1.165) is 29.0 Å². The molecule has 0 radical (unpaired) electrons. The molecule has 25 heavy (non-hydrogen) atoms. The van der Waals surface area contributed by atoms with Gasteiger partial charge < -0.3 is 19.3 Å². The molecule has 2 aromatic rings. The Labute approximate surface area is 147 Å². The maximum atomic E-state index is 9.67. The van der Waals surface area contributed by atoms with Gasteiger partial charge in [-0.25, -0.2) is 0 Å². The molecule has 4 heteroatoms. The van der Waals surface area contributed by atoms with E-state index in [9.17, 15) is 5.11 Å². The summed E-state index contributed by atoms with van der Waals surface area (Å²) in [5, 5.41) is 9.67. The first-order chi connectivity index (χ1) is 12.1. The van der Waals surface area contributed by atoms with Crippen LogP contribution in [0.2, 0.25) is 0 Å². The zero-order valence-corrected chi connectivity index (χ0v) is 14.7. The van der Waals surface area contributed by atoms with Crippen molar-refractivity contribution in [2.75, 3.05) is 13.7 Å². The number of hydrogen-bond acceptors (Lipinski definition) is 4. The van der Waals surface area contributed by atoms with Gasteiger partial charge in [0.15, 0.2) is 0 Å². The summed E-state index contributed by atoms with van der Waals surface area (Å²) in [5.41, 5.74) is 4.59. The number of methoxy groups -OCH3 is 1. The number of fused-ring (bicyclic) bond motifs is 5. The molecule has 0 aliphatic carbocycles. The molecule has 0 fully saturated rings. The van der Waals surface area contributed by atoms with E-state index < -0.39 is 0 Å². The van der Waals surface area contributed by atoms with Gasteiger partial charge in [0.05, 0.1) is 19.6 Å². The maximum absolute atomic E-state index is 9.67. The number of hydrogen-bond donors (Lipinski definition) is 1. The molecule has 0 aromatic heterocycles. The number of aromatic hydroxyl groups is 1. The minimum Gasteiger partial charge on any atom is -0.508 e. The Morgan fingerprint density at radius 2 is 2.04 bits per heavy atom. The highest BCUT2D eigenvalue weighted by atomic mass is 16.5. The summed E-state index contributed by atoms with van der Waals surface area (Å²) in [6, 6.07) is 9.39. The van der Waals surface area contributed by atoms with Crippen molar-refractivity contribution in [2.45, 2.75) is 32.3 Å². The minimum atomic E-state index is -0.0808. The molecule has 0 amide bonds. The number of rotatable bonds is 3. The van der Waals surface area contributed by atoms with E-state index in [1.54, 1.807) is 19.2 Å². The van der Waals surface area contributed by atoms with E-state index in [4.69, 9.17) is 14.2 Å². The minimum absolute atomic E-state index is 0.0808. The Kier molecular flexibility index (Phi) is 3.83. The maximum Gasteiger partial charge on any atom is 0.138 e. The number of allylic oxidation sites excluding steroid dienone is 2. The van der Waals surface area contributed by atoms with Crippen LogP contribution in [-0.4, -0.2) is 18.8 Å². The third-order valence-electron chi connectivity index (χ3n) is 4.88. The summed E-state index contributed by atoms with van der Waals surface area (Å²) in [6.45, 7) is 4.74. The molecular formula is C21H22O4. The monoisotopic (exact) mass is 338 g/mol. The third-order valence-corrected chi connectivity index (χ3v) is 4.88. The topological polar surface area (TPSA) is 47.9 Å². The standard InChI is InChI=1S/C21H22O4/c1-12(2)4-5-13-8-16-17-11-24-19-9-14(22)6-7-15(19)21(17)25-20(16)10-18(13)23-3/h4,6-10,17,21-22H,5,11H2,1-3H3/t17-,21-/m0/s1. The highest BCUT2D eigenvalue weighted by Gasteiger charge is 2.41. The Morgan fingerprint density at radius 1 is 1.20 bits per heavy atom. The van der Waals surface area contributed by atoms with Gasteiger partial charge in [-0.2, -0.15) is 0 Å². The lowest BCUT2D eigenvalue weighted by Gasteiger charge is -2.27. The summed E-state index contributed by atoms with van der Waals surface area (Å²) in [7, 11) is 1.69. The van der Waals surface area contributed by atoms with Crippen molar-refractivity contribution < 1.29 is 19.3 Å². The average Bonchev–Trinajstić information content (AvgIpc) is 2.96. The molecule has 4 nitrogen and oxygen atoms in total. The Bertz CT molecular complexity index is 849. The molecular weight excluding hydrogens is 316 g/mol. The summed E-state index contributed by atoms with van der Waals surface area (Å²) in [5.74, 6) is 2.77. The molecule has 2 aliphatic heterocycles. The van der Waals surface area contributed by atoms with Gasteiger partial charge in [0, 0.05) is 23.3 Å². The van der Waals surface area contributed by atoms with Crippen molar-refractivity contribution in [1.82, 2.24) is 0 Å². The predicted molar refractivity (Wildman–Crippen MR) is 95.8 cm³/mol. The van der Waals surface area contributed by atoms with E-state index in [2.05, 4.69) is 26.0 Å². The molecule has 2 heterocycles. The Morgan fingerprint density at radius 3 is 2.80 bits per heavy atom. The van der Waals surface area contributed by atoms with Crippen molar-refractivity contribution in [3.8, 4) is 23.0 Å². The number of phenolic OH excluding ortho intramolecular Hbond substituents is 1. The van der Waals surface area contributed by atoms with Crippen LogP contribution in [0.15, 0.2) is 42.0 Å². The summed E-state index contributed by atoms with van der Waals surface area (Å²) < 4.78 is 17.7. The van der Waals surface area contributed by atoms with Crippen molar-refractivity contribution in [3.63, 3.8) is 0 Å². The number of phenols is 1. The third kappa shape index (κ3) is 2.72. The van der Waals surface area contributed by atoms with Crippen LogP contribution in [0, 0.1) is 0 Å².